The van der Waals surface area contributed by atoms with E-state index in [4.69, 9.17) is 18.9 Å². The van der Waals surface area contributed by atoms with E-state index in [1.807, 2.05) is 63.2 Å². The van der Waals surface area contributed by atoms with Crippen LogP contribution in [0.5, 0.6) is 17.2 Å². The highest BCUT2D eigenvalue weighted by atomic mass is 32.1. The quantitative estimate of drug-likeness (QED) is 0.420. The molecule has 3 aromatic rings. The molecule has 1 aliphatic heterocycles. The van der Waals surface area contributed by atoms with Gasteiger partial charge in [0.15, 0.2) is 16.3 Å². The molecule has 1 aromatic heterocycles. The lowest BCUT2D eigenvalue weighted by molar-refractivity contribution is -0.136. The second-order valence-corrected chi connectivity index (χ2v) is 9.60. The summed E-state index contributed by atoms with van der Waals surface area (Å²) < 4.78 is 24.4. The van der Waals surface area contributed by atoms with Gasteiger partial charge >= 0.3 is 5.97 Å². The minimum Gasteiger partial charge on any atom is -0.493 e. The van der Waals surface area contributed by atoms with Crippen molar-refractivity contribution in [1.82, 2.24) is 4.57 Å². The molecular weight excluding hydrogens is 492 g/mol. The number of esters is 1. The molecule has 0 aliphatic carbocycles. The Morgan fingerprint density at radius 1 is 1.14 bits per heavy atom. The molecule has 0 saturated carbocycles. The van der Waals surface area contributed by atoms with Crippen LogP contribution in [0.2, 0.25) is 0 Å². The number of allylic oxidation sites excluding steroid dienone is 1. The van der Waals surface area contributed by atoms with Gasteiger partial charge in [-0.1, -0.05) is 41.7 Å². The standard InChI is InChI=1S/C28H30N2O6S/c1-7-35-25-18(11-10-14-21(25)33-5)15-22-26(31)30-24(19-12-8-9-13-20(19)36-16(2)3)23(27(32)34-6)17(4)29-28(30)37-22/h8-16,24H,7H2,1-6H3/b22-15-. The van der Waals surface area contributed by atoms with Crippen molar-refractivity contribution in [3.05, 3.63) is 84.5 Å². The van der Waals surface area contributed by atoms with Crippen LogP contribution in [0, 0.1) is 0 Å². The number of benzene rings is 2. The first-order valence-corrected chi connectivity index (χ1v) is 12.8. The molecule has 194 valence electrons. The Bertz CT molecular complexity index is 1530. The molecule has 1 aliphatic rings. The van der Waals surface area contributed by atoms with Gasteiger partial charge < -0.3 is 18.9 Å². The van der Waals surface area contributed by atoms with Crippen LogP contribution in [-0.2, 0) is 9.53 Å². The third-order valence-electron chi connectivity index (χ3n) is 5.81. The second-order valence-electron chi connectivity index (χ2n) is 8.59. The monoisotopic (exact) mass is 522 g/mol. The van der Waals surface area contributed by atoms with Gasteiger partial charge in [0, 0.05) is 11.1 Å². The fourth-order valence-electron chi connectivity index (χ4n) is 4.30. The van der Waals surface area contributed by atoms with Crippen molar-refractivity contribution in [2.24, 2.45) is 4.99 Å². The van der Waals surface area contributed by atoms with Gasteiger partial charge in [-0.3, -0.25) is 9.36 Å². The summed E-state index contributed by atoms with van der Waals surface area (Å²) >= 11 is 1.25. The van der Waals surface area contributed by atoms with Crippen LogP contribution in [0.3, 0.4) is 0 Å². The third kappa shape index (κ3) is 5.04. The SMILES string of the molecule is CCOc1c(/C=c2\sc3n(c2=O)C(c2ccccc2OC(C)C)C(C(=O)OC)=C(C)N=3)cccc1OC. The van der Waals surface area contributed by atoms with Crippen LogP contribution >= 0.6 is 11.3 Å². The van der Waals surface area contributed by atoms with E-state index in [0.717, 1.165) is 0 Å². The topological polar surface area (TPSA) is 88.4 Å². The van der Waals surface area contributed by atoms with Crippen molar-refractivity contribution in [3.8, 4) is 17.2 Å². The van der Waals surface area contributed by atoms with E-state index < -0.39 is 12.0 Å². The Balaban J connectivity index is 2.00. The highest BCUT2D eigenvalue weighted by Crippen LogP contribution is 2.36. The number of rotatable bonds is 8. The zero-order chi connectivity index (χ0) is 26.7. The Labute approximate surface area is 219 Å². The van der Waals surface area contributed by atoms with Gasteiger partial charge in [-0.25, -0.2) is 9.79 Å². The second kappa shape index (κ2) is 11.0. The Morgan fingerprint density at radius 3 is 2.54 bits per heavy atom. The van der Waals surface area contributed by atoms with Gasteiger partial charge in [0.05, 0.1) is 42.7 Å². The minimum atomic E-state index is -0.766. The van der Waals surface area contributed by atoms with E-state index in [1.54, 1.807) is 24.7 Å². The predicted octanol–water partition coefficient (Wildman–Crippen LogP) is 3.60. The van der Waals surface area contributed by atoms with Crippen LogP contribution in [0.1, 0.15) is 44.9 Å². The Kier molecular flexibility index (Phi) is 7.83. The summed E-state index contributed by atoms with van der Waals surface area (Å²) in [4.78, 5) is 32.0. The van der Waals surface area contributed by atoms with E-state index in [-0.39, 0.29) is 17.2 Å². The maximum Gasteiger partial charge on any atom is 0.338 e. The van der Waals surface area contributed by atoms with Gasteiger partial charge in [-0.2, -0.15) is 0 Å². The molecule has 0 saturated heterocycles. The van der Waals surface area contributed by atoms with E-state index in [9.17, 15) is 9.59 Å². The van der Waals surface area contributed by atoms with Crippen molar-refractivity contribution < 1.29 is 23.7 Å². The number of hydrogen-bond donors (Lipinski definition) is 0. The zero-order valence-corrected chi connectivity index (χ0v) is 22.5. The molecule has 2 aromatic carbocycles. The summed E-state index contributed by atoms with van der Waals surface area (Å²) in [6.45, 7) is 7.93. The van der Waals surface area contributed by atoms with Gasteiger partial charge in [0.25, 0.3) is 5.56 Å². The van der Waals surface area contributed by atoms with Crippen LogP contribution in [0.15, 0.2) is 63.5 Å². The average Bonchev–Trinajstić information content (AvgIpc) is 3.18. The summed E-state index contributed by atoms with van der Waals surface area (Å²) in [7, 11) is 2.89. The summed E-state index contributed by atoms with van der Waals surface area (Å²) in [6, 6.07) is 12.1. The smallest absolute Gasteiger partial charge is 0.338 e. The molecule has 0 amide bonds. The number of carbonyl (C=O) groups excluding carboxylic acids is 1. The first-order valence-electron chi connectivity index (χ1n) is 12.0. The van der Waals surface area contributed by atoms with Crippen molar-refractivity contribution in [3.63, 3.8) is 0 Å². The highest BCUT2D eigenvalue weighted by molar-refractivity contribution is 7.07. The molecule has 37 heavy (non-hydrogen) atoms. The highest BCUT2D eigenvalue weighted by Gasteiger charge is 2.35. The van der Waals surface area contributed by atoms with E-state index >= 15 is 0 Å². The molecule has 4 rings (SSSR count). The molecule has 9 heteroatoms. The lowest BCUT2D eigenvalue weighted by atomic mass is 9.95. The molecule has 0 spiro atoms. The molecule has 0 bridgehead atoms. The first kappa shape index (κ1) is 26.2. The molecular formula is C28H30N2O6S. The maximum atomic E-state index is 13.9. The molecule has 0 fully saturated rings. The number of nitrogens with zero attached hydrogens (tertiary/aromatic N) is 2. The van der Waals surface area contributed by atoms with Gasteiger partial charge in [-0.15, -0.1) is 0 Å². The van der Waals surface area contributed by atoms with Crippen molar-refractivity contribution in [2.45, 2.75) is 39.8 Å². The van der Waals surface area contributed by atoms with Gasteiger partial charge in [0.2, 0.25) is 0 Å². The Hall–Kier alpha value is -3.85. The molecule has 2 heterocycles. The van der Waals surface area contributed by atoms with E-state index in [0.29, 0.717) is 50.0 Å². The summed E-state index contributed by atoms with van der Waals surface area (Å²) in [5.74, 6) is 1.16. The van der Waals surface area contributed by atoms with Crippen molar-refractivity contribution >= 4 is 23.4 Å². The maximum absolute atomic E-state index is 13.9. The van der Waals surface area contributed by atoms with Crippen molar-refractivity contribution in [2.75, 3.05) is 20.8 Å². The summed E-state index contributed by atoms with van der Waals surface area (Å²) in [6.07, 6.45) is 1.66. The summed E-state index contributed by atoms with van der Waals surface area (Å²) in [5, 5.41) is 0. The van der Waals surface area contributed by atoms with E-state index in [1.165, 1.54) is 18.4 Å². The van der Waals surface area contributed by atoms with Crippen LogP contribution in [0.25, 0.3) is 6.08 Å². The number of carbonyl (C=O) groups is 1. The average molecular weight is 523 g/mol. The first-order chi connectivity index (χ1) is 17.8. The number of methoxy groups -OCH3 is 2. The summed E-state index contributed by atoms with van der Waals surface area (Å²) in [5.41, 5.74) is 1.87. The molecule has 0 N–H and O–H groups in total. The van der Waals surface area contributed by atoms with Crippen molar-refractivity contribution in [1.29, 1.82) is 0 Å². The van der Waals surface area contributed by atoms with Crippen LogP contribution in [0.4, 0.5) is 0 Å². The van der Waals surface area contributed by atoms with Crippen LogP contribution in [-0.4, -0.2) is 37.5 Å². The molecule has 1 unspecified atom stereocenters. The number of hydrogen-bond acceptors (Lipinski definition) is 8. The lowest BCUT2D eigenvalue weighted by Crippen LogP contribution is -2.40. The molecule has 8 nitrogen and oxygen atoms in total. The fourth-order valence-corrected chi connectivity index (χ4v) is 5.34. The van der Waals surface area contributed by atoms with Gasteiger partial charge in [0.1, 0.15) is 11.8 Å². The minimum absolute atomic E-state index is 0.103. The molecule has 1 atom stereocenters. The Morgan fingerprint density at radius 2 is 1.86 bits per heavy atom. The van der Waals surface area contributed by atoms with Gasteiger partial charge in [-0.05, 0) is 45.9 Å². The fraction of sp³-hybridized carbons (Fsp3) is 0.321. The van der Waals surface area contributed by atoms with E-state index in [2.05, 4.69) is 4.99 Å². The third-order valence-corrected chi connectivity index (χ3v) is 6.79. The zero-order valence-electron chi connectivity index (χ0n) is 21.7. The number of fused-ring (bicyclic) bond motifs is 1. The van der Waals surface area contributed by atoms with Crippen LogP contribution < -0.4 is 29.1 Å². The number of thiazole rings is 1. The predicted molar refractivity (Wildman–Crippen MR) is 142 cm³/mol. The number of aromatic nitrogens is 1. The number of ether oxygens (including phenoxy) is 4. The largest absolute Gasteiger partial charge is 0.493 e. The normalized spacial score (nSPS) is 15.3. The lowest BCUT2D eigenvalue weighted by Gasteiger charge is -2.26. The molecule has 0 radical (unpaired) electrons. The number of para-hydroxylation sites is 2.